The number of thioether (sulfide) groups is 1. The van der Waals surface area contributed by atoms with Crippen LogP contribution in [0.3, 0.4) is 0 Å². The van der Waals surface area contributed by atoms with Gasteiger partial charge in [-0.2, -0.15) is 11.8 Å². The van der Waals surface area contributed by atoms with Crippen molar-refractivity contribution >= 4 is 29.2 Å². The highest BCUT2D eigenvalue weighted by Crippen LogP contribution is 2.39. The Morgan fingerprint density at radius 3 is 2.00 bits per heavy atom. The summed E-state index contributed by atoms with van der Waals surface area (Å²) in [7, 11) is 0. The normalized spacial score (nSPS) is 28.1. The highest BCUT2D eigenvalue weighted by molar-refractivity contribution is 8.00. The minimum absolute atomic E-state index is 0.0705. The number of hydrogen-bond donors (Lipinski definition) is 0. The Bertz CT molecular complexity index is 542. The predicted molar refractivity (Wildman–Crippen MR) is 116 cm³/mol. The molecule has 0 aliphatic heterocycles. The summed E-state index contributed by atoms with van der Waals surface area (Å²) in [5.74, 6) is 0.292. The van der Waals surface area contributed by atoms with Gasteiger partial charge in [0.2, 0.25) is 0 Å². The zero-order valence-corrected chi connectivity index (χ0v) is 18.3. The molecule has 4 nitrogen and oxygen atoms in total. The molecule has 0 unspecified atom stereocenters. The molecule has 3 aliphatic rings. The molecule has 0 spiro atoms. The zero-order valence-electron chi connectivity index (χ0n) is 17.5. The summed E-state index contributed by atoms with van der Waals surface area (Å²) < 4.78 is 0. The van der Waals surface area contributed by atoms with Crippen molar-refractivity contribution in [2.75, 3.05) is 0 Å². The molecule has 5 heteroatoms. The molecule has 0 aromatic rings. The summed E-state index contributed by atoms with van der Waals surface area (Å²) in [5.41, 5.74) is 0.519. The molecule has 28 heavy (non-hydrogen) atoms. The van der Waals surface area contributed by atoms with Gasteiger partial charge in [0.1, 0.15) is 5.71 Å². The standard InChI is InChI=1S/C23H37NO3S/c1-17(25)27-24-22(16-18-8-4-2-5-9-18)23(26)19-12-14-21(15-13-19)28-20-10-6-3-7-11-20/h18-21H,2-16H2,1H3/b24-22-. The molecule has 3 fully saturated rings. The van der Waals surface area contributed by atoms with Crippen molar-refractivity contribution in [2.45, 2.75) is 114 Å². The average Bonchev–Trinajstić information content (AvgIpc) is 2.72. The van der Waals surface area contributed by atoms with E-state index in [-0.39, 0.29) is 11.7 Å². The van der Waals surface area contributed by atoms with E-state index >= 15 is 0 Å². The maximum absolute atomic E-state index is 13.2. The van der Waals surface area contributed by atoms with Crippen LogP contribution >= 0.6 is 11.8 Å². The predicted octanol–water partition coefficient (Wildman–Crippen LogP) is 6.07. The van der Waals surface area contributed by atoms with Gasteiger partial charge in [-0.1, -0.05) is 56.5 Å². The number of rotatable bonds is 7. The van der Waals surface area contributed by atoms with Crippen molar-refractivity contribution in [1.82, 2.24) is 0 Å². The third kappa shape index (κ3) is 6.89. The van der Waals surface area contributed by atoms with Crippen molar-refractivity contribution < 1.29 is 14.4 Å². The minimum Gasteiger partial charge on any atom is -0.318 e. The Kier molecular flexibility index (Phi) is 8.88. The molecule has 0 heterocycles. The van der Waals surface area contributed by atoms with Crippen LogP contribution in [0.1, 0.15) is 103 Å². The van der Waals surface area contributed by atoms with E-state index in [0.717, 1.165) is 49.0 Å². The van der Waals surface area contributed by atoms with Crippen LogP contribution in [0.2, 0.25) is 0 Å². The molecule has 158 valence electrons. The molecule has 3 rings (SSSR count). The van der Waals surface area contributed by atoms with Gasteiger partial charge in [0.05, 0.1) is 0 Å². The van der Waals surface area contributed by atoms with Crippen molar-refractivity contribution in [3.05, 3.63) is 0 Å². The highest BCUT2D eigenvalue weighted by atomic mass is 32.2. The van der Waals surface area contributed by atoms with E-state index in [1.54, 1.807) is 0 Å². The first-order valence-electron chi connectivity index (χ1n) is 11.6. The van der Waals surface area contributed by atoms with Gasteiger partial charge in [-0.05, 0) is 50.9 Å². The second-order valence-corrected chi connectivity index (χ2v) is 10.7. The number of hydrogen-bond acceptors (Lipinski definition) is 5. The SMILES string of the molecule is CC(=O)O/N=C(/CC1CCCCC1)C(=O)C1CCC(SC2CCCCC2)CC1. The van der Waals surface area contributed by atoms with E-state index in [4.69, 9.17) is 4.84 Å². The van der Waals surface area contributed by atoms with Crippen LogP contribution in [-0.4, -0.2) is 28.0 Å². The Morgan fingerprint density at radius 2 is 1.39 bits per heavy atom. The average molecular weight is 408 g/mol. The van der Waals surface area contributed by atoms with E-state index in [2.05, 4.69) is 16.9 Å². The van der Waals surface area contributed by atoms with Crippen LogP contribution < -0.4 is 0 Å². The van der Waals surface area contributed by atoms with Crippen LogP contribution in [0.4, 0.5) is 0 Å². The third-order valence-corrected chi connectivity index (χ3v) is 8.47. The summed E-state index contributed by atoms with van der Waals surface area (Å²) in [6.45, 7) is 1.35. The fourth-order valence-electron chi connectivity index (χ4n) is 5.14. The van der Waals surface area contributed by atoms with Crippen LogP contribution in [0.15, 0.2) is 5.16 Å². The minimum atomic E-state index is -0.443. The second-order valence-electron chi connectivity index (χ2n) is 9.06. The Labute approximate surface area is 174 Å². The molecule has 3 saturated carbocycles. The lowest BCUT2D eigenvalue weighted by molar-refractivity contribution is -0.141. The molecular weight excluding hydrogens is 370 g/mol. The topological polar surface area (TPSA) is 55.7 Å². The van der Waals surface area contributed by atoms with Crippen LogP contribution in [-0.2, 0) is 14.4 Å². The summed E-state index contributed by atoms with van der Waals surface area (Å²) in [6, 6.07) is 0. The van der Waals surface area contributed by atoms with E-state index < -0.39 is 5.97 Å². The van der Waals surface area contributed by atoms with Crippen molar-refractivity contribution in [3.8, 4) is 0 Å². The van der Waals surface area contributed by atoms with Gasteiger partial charge in [0.25, 0.3) is 0 Å². The molecule has 3 aliphatic carbocycles. The first-order valence-corrected chi connectivity index (χ1v) is 12.5. The van der Waals surface area contributed by atoms with Gasteiger partial charge in [-0.3, -0.25) is 4.79 Å². The first-order chi connectivity index (χ1) is 13.6. The van der Waals surface area contributed by atoms with E-state index in [9.17, 15) is 9.59 Å². The lowest BCUT2D eigenvalue weighted by atomic mass is 9.80. The lowest BCUT2D eigenvalue weighted by Crippen LogP contribution is -2.31. The monoisotopic (exact) mass is 407 g/mol. The van der Waals surface area contributed by atoms with Gasteiger partial charge in [0.15, 0.2) is 5.78 Å². The molecule has 0 N–H and O–H groups in total. The third-order valence-electron chi connectivity index (χ3n) is 6.76. The van der Waals surface area contributed by atoms with E-state index in [1.165, 1.54) is 58.3 Å². The van der Waals surface area contributed by atoms with Crippen LogP contribution in [0.25, 0.3) is 0 Å². The summed E-state index contributed by atoms with van der Waals surface area (Å²) in [4.78, 5) is 29.3. The Balaban J connectivity index is 1.51. The van der Waals surface area contributed by atoms with Crippen molar-refractivity contribution in [2.24, 2.45) is 17.0 Å². The number of carbonyl (C=O) groups excluding carboxylic acids is 2. The molecule has 0 amide bonds. The maximum Gasteiger partial charge on any atom is 0.331 e. The smallest absolute Gasteiger partial charge is 0.318 e. The van der Waals surface area contributed by atoms with Gasteiger partial charge < -0.3 is 4.84 Å². The number of ketones is 1. The quantitative estimate of drug-likeness (QED) is 0.292. The fraction of sp³-hybridized carbons (Fsp3) is 0.870. The molecule has 0 atom stereocenters. The van der Waals surface area contributed by atoms with Gasteiger partial charge in [-0.15, -0.1) is 0 Å². The van der Waals surface area contributed by atoms with Crippen molar-refractivity contribution in [3.63, 3.8) is 0 Å². The fourth-order valence-corrected chi connectivity index (χ4v) is 6.83. The molecule has 0 radical (unpaired) electrons. The molecule has 0 aromatic carbocycles. The van der Waals surface area contributed by atoms with Crippen molar-refractivity contribution in [1.29, 1.82) is 0 Å². The maximum atomic E-state index is 13.2. The summed E-state index contributed by atoms with van der Waals surface area (Å²) >= 11 is 2.20. The molecule has 0 bridgehead atoms. The number of carbonyl (C=O) groups is 2. The van der Waals surface area contributed by atoms with Crippen LogP contribution in [0.5, 0.6) is 0 Å². The van der Waals surface area contributed by atoms with Gasteiger partial charge in [0, 0.05) is 23.3 Å². The first kappa shape index (κ1) is 21.9. The van der Waals surface area contributed by atoms with Crippen LogP contribution in [0, 0.1) is 11.8 Å². The molecule has 0 aromatic heterocycles. The number of oxime groups is 1. The van der Waals surface area contributed by atoms with E-state index in [1.807, 2.05) is 0 Å². The van der Waals surface area contributed by atoms with Gasteiger partial charge >= 0.3 is 5.97 Å². The lowest BCUT2D eigenvalue weighted by Gasteiger charge is -2.31. The highest BCUT2D eigenvalue weighted by Gasteiger charge is 2.32. The second kappa shape index (κ2) is 11.4. The Morgan fingerprint density at radius 1 is 0.821 bits per heavy atom. The van der Waals surface area contributed by atoms with Gasteiger partial charge in [-0.25, -0.2) is 4.79 Å². The number of nitrogens with zero attached hydrogens (tertiary/aromatic N) is 1. The zero-order chi connectivity index (χ0) is 19.8. The summed E-state index contributed by atoms with van der Waals surface area (Å²) in [6.07, 6.45) is 17.9. The largest absolute Gasteiger partial charge is 0.331 e. The number of Topliss-reactive ketones (excluding diaryl/α,β-unsaturated/α-hetero) is 1. The Hall–Kier alpha value is -0.840. The molecular formula is C23H37NO3S. The summed E-state index contributed by atoms with van der Waals surface area (Å²) in [5, 5.41) is 5.58. The van der Waals surface area contributed by atoms with E-state index in [0.29, 0.717) is 18.1 Å². The molecule has 0 saturated heterocycles.